The fraction of sp³-hybridized carbons (Fsp3) is 0.533. The van der Waals surface area contributed by atoms with Crippen molar-refractivity contribution in [3.05, 3.63) is 34.6 Å². The Hall–Kier alpha value is -1.50. The van der Waals surface area contributed by atoms with Gasteiger partial charge in [0.15, 0.2) is 0 Å². The van der Waals surface area contributed by atoms with E-state index in [1.165, 1.54) is 5.48 Å². The Morgan fingerprint density at radius 3 is 2.90 bits per heavy atom. The first kappa shape index (κ1) is 15.9. The van der Waals surface area contributed by atoms with E-state index < -0.39 is 11.7 Å². The normalized spacial score (nSPS) is 18.4. The average molecular weight is 296 g/mol. The summed E-state index contributed by atoms with van der Waals surface area (Å²) in [6.45, 7) is 3.08. The van der Waals surface area contributed by atoms with E-state index in [0.717, 1.165) is 24.5 Å². The molecule has 0 aromatic heterocycles. The van der Waals surface area contributed by atoms with Gasteiger partial charge in [-0.05, 0) is 30.5 Å². The third-order valence-electron chi connectivity index (χ3n) is 3.99. The van der Waals surface area contributed by atoms with Gasteiger partial charge in [-0.15, -0.1) is 0 Å². The van der Waals surface area contributed by atoms with E-state index in [0.29, 0.717) is 25.1 Å². The molecule has 0 bridgehead atoms. The third kappa shape index (κ3) is 3.40. The topological polar surface area (TPSA) is 72.8 Å². The van der Waals surface area contributed by atoms with Gasteiger partial charge in [0.2, 0.25) is 0 Å². The zero-order valence-corrected chi connectivity index (χ0v) is 12.1. The Morgan fingerprint density at radius 1 is 1.52 bits per heavy atom. The summed E-state index contributed by atoms with van der Waals surface area (Å²) in [5.74, 6) is -1.15. The number of nitrogens with one attached hydrogen (secondary N) is 1. The monoisotopic (exact) mass is 296 g/mol. The molecule has 21 heavy (non-hydrogen) atoms. The highest BCUT2D eigenvalue weighted by molar-refractivity contribution is 5.93. The molecule has 2 rings (SSSR count). The lowest BCUT2D eigenvalue weighted by atomic mass is 9.90. The van der Waals surface area contributed by atoms with Crippen molar-refractivity contribution in [2.45, 2.75) is 38.8 Å². The second-order valence-corrected chi connectivity index (χ2v) is 5.38. The lowest BCUT2D eigenvalue weighted by Crippen LogP contribution is -2.42. The molecule has 1 aromatic carbocycles. The molecule has 116 valence electrons. The lowest BCUT2D eigenvalue weighted by molar-refractivity contribution is 0.0705. The van der Waals surface area contributed by atoms with Gasteiger partial charge in [0.05, 0.1) is 6.61 Å². The average Bonchev–Trinajstić information content (AvgIpc) is 2.48. The summed E-state index contributed by atoms with van der Waals surface area (Å²) in [6, 6.07) is 3.02. The Balaban J connectivity index is 2.34. The molecular formula is C15H21FN2O3. The van der Waals surface area contributed by atoms with Crippen molar-refractivity contribution in [2.24, 2.45) is 0 Å². The van der Waals surface area contributed by atoms with Crippen LogP contribution in [0.15, 0.2) is 12.1 Å². The number of amides is 1. The summed E-state index contributed by atoms with van der Waals surface area (Å²) < 4.78 is 14.2. The van der Waals surface area contributed by atoms with Gasteiger partial charge in [0.25, 0.3) is 5.91 Å². The molecule has 0 radical (unpaired) electrons. The van der Waals surface area contributed by atoms with Crippen LogP contribution < -0.4 is 5.48 Å². The smallest absolute Gasteiger partial charge is 0.274 e. The van der Waals surface area contributed by atoms with Gasteiger partial charge in [0, 0.05) is 30.3 Å². The minimum absolute atomic E-state index is 0.0438. The predicted octanol–water partition coefficient (Wildman–Crippen LogP) is 1.46. The molecule has 3 N–H and O–H groups in total. The second kappa shape index (κ2) is 6.98. The van der Waals surface area contributed by atoms with Gasteiger partial charge >= 0.3 is 0 Å². The van der Waals surface area contributed by atoms with E-state index >= 15 is 0 Å². The molecular weight excluding hydrogens is 275 g/mol. The Bertz CT molecular complexity index is 522. The lowest BCUT2D eigenvalue weighted by Gasteiger charge is -2.37. The molecule has 5 nitrogen and oxygen atoms in total. The molecule has 0 spiro atoms. The van der Waals surface area contributed by atoms with Crippen LogP contribution in [-0.4, -0.2) is 40.3 Å². The number of fused-ring (bicyclic) bond motifs is 1. The maximum Gasteiger partial charge on any atom is 0.274 e. The van der Waals surface area contributed by atoms with E-state index in [1.807, 2.05) is 0 Å². The van der Waals surface area contributed by atoms with E-state index in [9.17, 15) is 9.18 Å². The van der Waals surface area contributed by atoms with Crippen molar-refractivity contribution in [1.29, 1.82) is 0 Å². The minimum Gasteiger partial charge on any atom is -0.395 e. The van der Waals surface area contributed by atoms with Crippen molar-refractivity contribution in [1.82, 2.24) is 10.4 Å². The summed E-state index contributed by atoms with van der Waals surface area (Å²) in [5, 5.41) is 17.8. The SMILES string of the molecule is CCCC1Cc2cc(C(=O)NO)cc(F)c2CN1CCO. The van der Waals surface area contributed by atoms with Crippen LogP contribution in [0.5, 0.6) is 0 Å². The molecule has 0 saturated carbocycles. The maximum atomic E-state index is 14.2. The molecule has 0 saturated heterocycles. The standard InChI is InChI=1S/C15H21FN2O3/c1-2-3-12-7-10-6-11(15(20)17-21)8-14(16)13(10)9-18(12)4-5-19/h6,8,12,19,21H,2-5,7,9H2,1H3,(H,17,20). The first-order valence-electron chi connectivity index (χ1n) is 7.21. The summed E-state index contributed by atoms with van der Waals surface area (Å²) >= 11 is 0. The highest BCUT2D eigenvalue weighted by atomic mass is 19.1. The van der Waals surface area contributed by atoms with Crippen LogP contribution in [-0.2, 0) is 13.0 Å². The zero-order valence-electron chi connectivity index (χ0n) is 12.1. The van der Waals surface area contributed by atoms with E-state index in [-0.39, 0.29) is 18.2 Å². The number of rotatable bonds is 5. The van der Waals surface area contributed by atoms with Crippen LogP contribution in [0.4, 0.5) is 4.39 Å². The Morgan fingerprint density at radius 2 is 2.29 bits per heavy atom. The van der Waals surface area contributed by atoms with Crippen LogP contribution in [0.3, 0.4) is 0 Å². The highest BCUT2D eigenvalue weighted by Crippen LogP contribution is 2.28. The van der Waals surface area contributed by atoms with Gasteiger partial charge < -0.3 is 5.11 Å². The number of nitrogens with zero attached hydrogens (tertiary/aromatic N) is 1. The van der Waals surface area contributed by atoms with Crippen LogP contribution in [0.2, 0.25) is 0 Å². The first-order chi connectivity index (χ1) is 10.1. The number of hydrogen-bond acceptors (Lipinski definition) is 4. The fourth-order valence-electron chi connectivity index (χ4n) is 2.97. The summed E-state index contributed by atoms with van der Waals surface area (Å²) in [5.41, 5.74) is 3.04. The third-order valence-corrected chi connectivity index (χ3v) is 3.99. The van der Waals surface area contributed by atoms with Crippen LogP contribution >= 0.6 is 0 Å². The number of aliphatic hydroxyl groups excluding tert-OH is 1. The van der Waals surface area contributed by atoms with Gasteiger partial charge in [-0.2, -0.15) is 0 Å². The molecule has 1 atom stereocenters. The predicted molar refractivity (Wildman–Crippen MR) is 75.5 cm³/mol. The van der Waals surface area contributed by atoms with Crippen LogP contribution in [0.1, 0.15) is 41.3 Å². The number of hydroxylamine groups is 1. The Kier molecular flexibility index (Phi) is 5.27. The van der Waals surface area contributed by atoms with Crippen molar-refractivity contribution >= 4 is 5.91 Å². The van der Waals surface area contributed by atoms with Crippen LogP contribution in [0, 0.1) is 5.82 Å². The number of benzene rings is 1. The number of halogens is 1. The number of aliphatic hydroxyl groups is 1. The fourth-order valence-corrected chi connectivity index (χ4v) is 2.97. The zero-order chi connectivity index (χ0) is 15.4. The molecule has 1 unspecified atom stereocenters. The largest absolute Gasteiger partial charge is 0.395 e. The van der Waals surface area contributed by atoms with E-state index in [2.05, 4.69) is 11.8 Å². The van der Waals surface area contributed by atoms with Gasteiger partial charge in [-0.3, -0.25) is 14.9 Å². The first-order valence-corrected chi connectivity index (χ1v) is 7.21. The van der Waals surface area contributed by atoms with Gasteiger partial charge in [-0.25, -0.2) is 9.87 Å². The molecule has 6 heteroatoms. The molecule has 1 aliphatic rings. The molecule has 1 heterocycles. The number of β-amino-alcohol motifs (C(OH)–C–C–N with tert-alkyl or cyclic N) is 1. The van der Waals surface area contributed by atoms with Crippen molar-refractivity contribution in [2.75, 3.05) is 13.2 Å². The molecule has 1 amide bonds. The molecule has 1 aliphatic heterocycles. The van der Waals surface area contributed by atoms with E-state index in [4.69, 9.17) is 10.3 Å². The Labute approximate surface area is 123 Å². The van der Waals surface area contributed by atoms with Crippen molar-refractivity contribution in [3.8, 4) is 0 Å². The van der Waals surface area contributed by atoms with Crippen molar-refractivity contribution in [3.63, 3.8) is 0 Å². The van der Waals surface area contributed by atoms with Gasteiger partial charge in [-0.1, -0.05) is 13.3 Å². The van der Waals surface area contributed by atoms with Gasteiger partial charge in [0.1, 0.15) is 5.82 Å². The second-order valence-electron chi connectivity index (χ2n) is 5.38. The summed E-state index contributed by atoms with van der Waals surface area (Å²) in [6.07, 6.45) is 2.60. The quantitative estimate of drug-likeness (QED) is 0.568. The van der Waals surface area contributed by atoms with Crippen LogP contribution in [0.25, 0.3) is 0 Å². The summed E-state index contributed by atoms with van der Waals surface area (Å²) in [7, 11) is 0. The number of carbonyl (C=O) groups is 1. The highest BCUT2D eigenvalue weighted by Gasteiger charge is 2.28. The number of carbonyl (C=O) groups excluding carboxylic acids is 1. The van der Waals surface area contributed by atoms with E-state index in [1.54, 1.807) is 6.07 Å². The summed E-state index contributed by atoms with van der Waals surface area (Å²) in [4.78, 5) is 13.5. The molecule has 0 aliphatic carbocycles. The minimum atomic E-state index is -0.707. The van der Waals surface area contributed by atoms with Crippen molar-refractivity contribution < 1.29 is 19.5 Å². The number of hydrogen-bond donors (Lipinski definition) is 3. The molecule has 0 fully saturated rings. The maximum absolute atomic E-state index is 14.2. The molecule has 1 aromatic rings.